The average molecular weight is 654 g/mol. The van der Waals surface area contributed by atoms with Crippen LogP contribution >= 0.6 is 31.9 Å². The van der Waals surface area contributed by atoms with Crippen molar-refractivity contribution in [3.8, 4) is 0 Å². The third kappa shape index (κ3) is 6.54. The summed E-state index contributed by atoms with van der Waals surface area (Å²) in [6.45, 7) is 0. The Morgan fingerprint density at radius 2 is 1.03 bits per heavy atom. The normalized spacial score (nSPS) is 10.5. The van der Waals surface area contributed by atoms with E-state index >= 15 is 0 Å². The van der Waals surface area contributed by atoms with Crippen LogP contribution in [0.1, 0.15) is 31.8 Å². The Hall–Kier alpha value is -4.42. The molecule has 0 aliphatic heterocycles. The van der Waals surface area contributed by atoms with Gasteiger partial charge >= 0.3 is 0 Å². The number of nitro groups is 2. The number of carbonyl (C=O) groups is 2. The molecule has 4 rings (SSSR count). The third-order valence-corrected chi connectivity index (χ3v) is 7.08. The molecule has 0 atom stereocenters. The zero-order valence-electron chi connectivity index (χ0n) is 19.9. The van der Waals surface area contributed by atoms with Crippen LogP contribution in [0.3, 0.4) is 0 Å². The molecule has 0 fully saturated rings. The van der Waals surface area contributed by atoms with Crippen molar-refractivity contribution in [2.24, 2.45) is 0 Å². The Morgan fingerprint density at radius 1 is 0.641 bits per heavy atom. The molecule has 12 heteroatoms. The Kier molecular flexibility index (Phi) is 8.47. The molecule has 0 radical (unpaired) electrons. The maximum atomic E-state index is 12.6. The fourth-order valence-corrected chi connectivity index (χ4v) is 4.74. The molecular formula is C27H18Br2N4O6. The smallest absolute Gasteiger partial charge is 0.275 e. The van der Waals surface area contributed by atoms with Gasteiger partial charge in [-0.3, -0.25) is 29.8 Å². The van der Waals surface area contributed by atoms with Gasteiger partial charge in [-0.2, -0.15) is 0 Å². The molecule has 0 unspecified atom stereocenters. The number of rotatable bonds is 8. The SMILES string of the molecule is O=C(Nc1ccc(Cc2ccc(NC(=O)c3ccccc3Br)cc2[N+](=O)[O-])c([N+](=O)[O-])c1)c1ccccc1Br. The van der Waals surface area contributed by atoms with Gasteiger partial charge in [0.05, 0.1) is 21.0 Å². The Bertz CT molecular complexity index is 1510. The van der Waals surface area contributed by atoms with Crippen LogP contribution in [0.2, 0.25) is 0 Å². The summed E-state index contributed by atoms with van der Waals surface area (Å²) in [4.78, 5) is 47.7. The maximum absolute atomic E-state index is 12.6. The Labute approximate surface area is 238 Å². The molecule has 0 aromatic heterocycles. The summed E-state index contributed by atoms with van der Waals surface area (Å²) in [6, 6.07) is 21.8. The number of nitro benzene ring substituents is 2. The van der Waals surface area contributed by atoms with Crippen LogP contribution in [0, 0.1) is 20.2 Å². The van der Waals surface area contributed by atoms with E-state index in [0.717, 1.165) is 0 Å². The Morgan fingerprint density at radius 3 is 1.38 bits per heavy atom. The van der Waals surface area contributed by atoms with Crippen LogP contribution < -0.4 is 10.6 Å². The van der Waals surface area contributed by atoms with Gasteiger partial charge < -0.3 is 10.6 Å². The highest BCUT2D eigenvalue weighted by molar-refractivity contribution is 9.10. The molecule has 10 nitrogen and oxygen atoms in total. The van der Waals surface area contributed by atoms with Gasteiger partial charge in [0.15, 0.2) is 0 Å². The summed E-state index contributed by atoms with van der Waals surface area (Å²) in [5.74, 6) is -0.916. The van der Waals surface area contributed by atoms with Crippen LogP contribution in [0.5, 0.6) is 0 Å². The minimum atomic E-state index is -0.610. The number of nitrogens with zero attached hydrogens (tertiary/aromatic N) is 2. The van der Waals surface area contributed by atoms with Gasteiger partial charge in [-0.25, -0.2) is 0 Å². The summed E-state index contributed by atoms with van der Waals surface area (Å²) < 4.78 is 1.13. The number of nitrogens with one attached hydrogen (secondary N) is 2. The van der Waals surface area contributed by atoms with Gasteiger partial charge in [-0.05, 0) is 80.4 Å². The molecule has 2 amide bonds. The first kappa shape index (κ1) is 27.6. The van der Waals surface area contributed by atoms with Crippen LogP contribution in [-0.4, -0.2) is 21.7 Å². The molecule has 0 saturated heterocycles. The van der Waals surface area contributed by atoms with Crippen molar-refractivity contribution >= 4 is 66.4 Å². The second kappa shape index (κ2) is 12.0. The standard InChI is InChI=1S/C27H18Br2N4O6/c28-22-7-3-1-5-20(22)26(34)30-18-11-9-16(24(14-18)32(36)37)13-17-10-12-19(15-25(17)33(38)39)31-27(35)21-6-2-4-8-23(21)29/h1-12,14-15H,13H2,(H,30,34)(H,31,35). The van der Waals surface area contributed by atoms with Crippen molar-refractivity contribution < 1.29 is 19.4 Å². The lowest BCUT2D eigenvalue weighted by molar-refractivity contribution is -0.386. The first-order valence-corrected chi connectivity index (χ1v) is 12.9. The highest BCUT2D eigenvalue weighted by atomic mass is 79.9. The van der Waals surface area contributed by atoms with Crippen molar-refractivity contribution in [1.29, 1.82) is 0 Å². The Balaban J connectivity index is 1.58. The van der Waals surface area contributed by atoms with Gasteiger partial charge in [-0.1, -0.05) is 24.3 Å². The molecule has 0 bridgehead atoms. The summed E-state index contributed by atoms with van der Waals surface area (Å²) in [7, 11) is 0. The minimum absolute atomic E-state index is 0.121. The molecule has 4 aromatic rings. The number of carbonyl (C=O) groups excluding carboxylic acids is 2. The van der Waals surface area contributed by atoms with Crippen LogP contribution in [-0.2, 0) is 6.42 Å². The first-order chi connectivity index (χ1) is 18.6. The monoisotopic (exact) mass is 652 g/mol. The van der Waals surface area contributed by atoms with E-state index < -0.39 is 21.7 Å². The highest BCUT2D eigenvalue weighted by Gasteiger charge is 2.22. The van der Waals surface area contributed by atoms with Gasteiger partial charge in [0.25, 0.3) is 23.2 Å². The quantitative estimate of drug-likeness (QED) is 0.153. The molecule has 0 saturated carbocycles. The minimum Gasteiger partial charge on any atom is -0.322 e. The van der Waals surface area contributed by atoms with E-state index in [0.29, 0.717) is 20.1 Å². The zero-order chi connectivity index (χ0) is 28.1. The van der Waals surface area contributed by atoms with E-state index in [1.807, 2.05) is 0 Å². The number of hydrogen-bond acceptors (Lipinski definition) is 6. The van der Waals surface area contributed by atoms with Gasteiger partial charge in [0.2, 0.25) is 0 Å². The number of anilines is 2. The van der Waals surface area contributed by atoms with Gasteiger partial charge in [0, 0.05) is 50.0 Å². The lowest BCUT2D eigenvalue weighted by Gasteiger charge is -2.11. The summed E-state index contributed by atoms with van der Waals surface area (Å²) >= 11 is 6.60. The third-order valence-electron chi connectivity index (χ3n) is 5.70. The van der Waals surface area contributed by atoms with Crippen LogP contribution in [0.25, 0.3) is 0 Å². The zero-order valence-corrected chi connectivity index (χ0v) is 23.1. The van der Waals surface area contributed by atoms with Crippen molar-refractivity contribution in [2.45, 2.75) is 6.42 Å². The lowest BCUT2D eigenvalue weighted by atomic mass is 10.0. The molecule has 0 heterocycles. The van der Waals surface area contributed by atoms with E-state index in [9.17, 15) is 29.8 Å². The molecule has 4 aromatic carbocycles. The van der Waals surface area contributed by atoms with E-state index in [1.54, 1.807) is 48.5 Å². The first-order valence-electron chi connectivity index (χ1n) is 11.3. The summed E-state index contributed by atoms with van der Waals surface area (Å²) in [5, 5.41) is 28.9. The van der Waals surface area contributed by atoms with Gasteiger partial charge in [-0.15, -0.1) is 0 Å². The number of amides is 2. The molecule has 196 valence electrons. The molecule has 0 spiro atoms. The number of benzene rings is 4. The predicted molar refractivity (Wildman–Crippen MR) is 153 cm³/mol. The summed E-state index contributed by atoms with van der Waals surface area (Å²) in [6.07, 6.45) is -0.121. The van der Waals surface area contributed by atoms with Gasteiger partial charge in [0.1, 0.15) is 0 Å². The lowest BCUT2D eigenvalue weighted by Crippen LogP contribution is -2.13. The topological polar surface area (TPSA) is 144 Å². The van der Waals surface area contributed by atoms with Crippen molar-refractivity contribution in [3.63, 3.8) is 0 Å². The largest absolute Gasteiger partial charge is 0.322 e. The van der Waals surface area contributed by atoms with E-state index in [4.69, 9.17) is 0 Å². The highest BCUT2D eigenvalue weighted by Crippen LogP contribution is 2.31. The second-order valence-corrected chi connectivity index (χ2v) is 9.95. The fourth-order valence-electron chi connectivity index (χ4n) is 3.81. The molecule has 0 aliphatic rings. The number of hydrogen-bond donors (Lipinski definition) is 2. The van der Waals surface area contributed by atoms with Crippen LogP contribution in [0.4, 0.5) is 22.7 Å². The average Bonchev–Trinajstić information content (AvgIpc) is 2.90. The molecular weight excluding hydrogens is 636 g/mol. The molecule has 2 N–H and O–H groups in total. The predicted octanol–water partition coefficient (Wildman–Crippen LogP) is 7.12. The molecule has 0 aliphatic carbocycles. The number of halogens is 2. The van der Waals surface area contributed by atoms with E-state index in [-0.39, 0.29) is 40.3 Å². The van der Waals surface area contributed by atoms with Crippen LogP contribution in [0.15, 0.2) is 93.9 Å². The van der Waals surface area contributed by atoms with Crippen molar-refractivity contribution in [2.75, 3.05) is 10.6 Å². The summed E-state index contributed by atoms with van der Waals surface area (Å²) in [5.41, 5.74) is 0.926. The van der Waals surface area contributed by atoms with E-state index in [2.05, 4.69) is 42.5 Å². The maximum Gasteiger partial charge on any atom is 0.275 e. The van der Waals surface area contributed by atoms with E-state index in [1.165, 1.54) is 36.4 Å². The molecule has 39 heavy (non-hydrogen) atoms. The van der Waals surface area contributed by atoms with Crippen molar-refractivity contribution in [1.82, 2.24) is 0 Å². The van der Waals surface area contributed by atoms with Crippen molar-refractivity contribution in [3.05, 3.63) is 136 Å². The second-order valence-electron chi connectivity index (χ2n) is 8.25. The fraction of sp³-hybridized carbons (Fsp3) is 0.0370.